The van der Waals surface area contributed by atoms with Crippen molar-refractivity contribution in [1.29, 1.82) is 0 Å². The largest absolute Gasteiger partial charge is 0.491 e. The zero-order valence-electron chi connectivity index (χ0n) is 10.8. The lowest BCUT2D eigenvalue weighted by Crippen LogP contribution is -2.50. The third-order valence-corrected chi connectivity index (χ3v) is 2.98. The lowest BCUT2D eigenvalue weighted by molar-refractivity contribution is 0.0909. The Labute approximate surface area is 108 Å². The smallest absolute Gasteiger partial charge is 0.251 e. The molecule has 0 saturated heterocycles. The number of rotatable bonds is 4. The molecule has 1 saturated carbocycles. The van der Waals surface area contributed by atoms with Crippen LogP contribution in [0.25, 0.3) is 0 Å². The van der Waals surface area contributed by atoms with Gasteiger partial charge in [-0.05, 0) is 44.9 Å². The van der Waals surface area contributed by atoms with Crippen molar-refractivity contribution in [3.8, 4) is 5.75 Å². The lowest BCUT2D eigenvalue weighted by Gasteiger charge is -2.32. The van der Waals surface area contributed by atoms with Crippen molar-refractivity contribution in [2.45, 2.75) is 44.9 Å². The first-order valence-electron chi connectivity index (χ1n) is 6.38. The number of carbonyl (C=O) groups is 1. The van der Waals surface area contributed by atoms with E-state index >= 15 is 0 Å². The Hall–Kier alpha value is -1.55. The van der Waals surface area contributed by atoms with Crippen LogP contribution in [-0.4, -0.2) is 24.1 Å². The quantitative estimate of drug-likeness (QED) is 0.852. The average molecular weight is 248 g/mol. The molecule has 4 nitrogen and oxygen atoms in total. The molecule has 1 amide bonds. The highest BCUT2D eigenvalue weighted by atomic mass is 16.5. The highest BCUT2D eigenvalue weighted by Crippen LogP contribution is 2.19. The maximum Gasteiger partial charge on any atom is 0.251 e. The standard InChI is InChI=1S/C14H20N2O2/c1-9(2)18-13-5-3-4-10(6-13)14(17)16-12-7-11(15)8-12/h3-6,9,11-12H,7-8,15H2,1-2H3,(H,16,17). The molecule has 0 heterocycles. The van der Waals surface area contributed by atoms with Gasteiger partial charge in [-0.2, -0.15) is 0 Å². The Balaban J connectivity index is 1.97. The Bertz CT molecular complexity index is 426. The molecule has 1 aromatic rings. The van der Waals surface area contributed by atoms with Gasteiger partial charge in [-0.15, -0.1) is 0 Å². The van der Waals surface area contributed by atoms with Crippen LogP contribution >= 0.6 is 0 Å². The minimum atomic E-state index is -0.0545. The van der Waals surface area contributed by atoms with Gasteiger partial charge in [0.1, 0.15) is 5.75 Å². The summed E-state index contributed by atoms with van der Waals surface area (Å²) in [5, 5.41) is 2.97. The van der Waals surface area contributed by atoms with Gasteiger partial charge in [0.25, 0.3) is 5.91 Å². The number of hydrogen-bond donors (Lipinski definition) is 2. The van der Waals surface area contributed by atoms with Crippen LogP contribution in [-0.2, 0) is 0 Å². The second-order valence-electron chi connectivity index (χ2n) is 5.10. The van der Waals surface area contributed by atoms with Gasteiger partial charge < -0.3 is 15.8 Å². The van der Waals surface area contributed by atoms with Gasteiger partial charge in [-0.25, -0.2) is 0 Å². The van der Waals surface area contributed by atoms with Crippen molar-refractivity contribution < 1.29 is 9.53 Å². The Morgan fingerprint density at radius 1 is 1.44 bits per heavy atom. The van der Waals surface area contributed by atoms with Crippen molar-refractivity contribution in [1.82, 2.24) is 5.32 Å². The third-order valence-electron chi connectivity index (χ3n) is 2.98. The van der Waals surface area contributed by atoms with Crippen molar-refractivity contribution in [3.05, 3.63) is 29.8 Å². The summed E-state index contributed by atoms with van der Waals surface area (Å²) in [4.78, 5) is 12.0. The van der Waals surface area contributed by atoms with Crippen LogP contribution in [0.4, 0.5) is 0 Å². The summed E-state index contributed by atoms with van der Waals surface area (Å²) in [5.41, 5.74) is 6.32. The van der Waals surface area contributed by atoms with Crippen molar-refractivity contribution in [2.24, 2.45) is 5.73 Å². The third kappa shape index (κ3) is 3.23. The molecule has 0 radical (unpaired) electrons. The van der Waals surface area contributed by atoms with Crippen LogP contribution in [0.5, 0.6) is 5.75 Å². The summed E-state index contributed by atoms with van der Waals surface area (Å²) < 4.78 is 5.57. The summed E-state index contributed by atoms with van der Waals surface area (Å²) in [5.74, 6) is 0.670. The predicted molar refractivity (Wildman–Crippen MR) is 70.7 cm³/mol. The van der Waals surface area contributed by atoms with Gasteiger partial charge in [0, 0.05) is 17.6 Å². The van der Waals surface area contributed by atoms with Gasteiger partial charge in [-0.1, -0.05) is 6.07 Å². The molecule has 4 heteroatoms. The molecule has 18 heavy (non-hydrogen) atoms. The predicted octanol–water partition coefficient (Wildman–Crippen LogP) is 1.69. The Morgan fingerprint density at radius 2 is 2.17 bits per heavy atom. The van der Waals surface area contributed by atoms with Crippen molar-refractivity contribution >= 4 is 5.91 Å². The molecular weight excluding hydrogens is 228 g/mol. The molecule has 0 unspecified atom stereocenters. The number of nitrogens with one attached hydrogen (secondary N) is 1. The maximum absolute atomic E-state index is 12.0. The zero-order valence-corrected chi connectivity index (χ0v) is 10.8. The van der Waals surface area contributed by atoms with Crippen LogP contribution in [0.1, 0.15) is 37.0 Å². The van der Waals surface area contributed by atoms with Gasteiger partial charge in [-0.3, -0.25) is 4.79 Å². The summed E-state index contributed by atoms with van der Waals surface area (Å²) >= 11 is 0. The molecule has 0 aromatic heterocycles. The topological polar surface area (TPSA) is 64.3 Å². The number of nitrogens with two attached hydrogens (primary N) is 1. The molecule has 0 aliphatic heterocycles. The fourth-order valence-corrected chi connectivity index (χ4v) is 2.03. The second kappa shape index (κ2) is 5.40. The minimum absolute atomic E-state index is 0.0545. The summed E-state index contributed by atoms with van der Waals surface area (Å²) in [7, 11) is 0. The fourth-order valence-electron chi connectivity index (χ4n) is 2.03. The van der Waals surface area contributed by atoms with Crippen molar-refractivity contribution in [2.75, 3.05) is 0 Å². The number of benzene rings is 1. The zero-order chi connectivity index (χ0) is 13.1. The van der Waals surface area contributed by atoms with E-state index in [2.05, 4.69) is 5.32 Å². The Morgan fingerprint density at radius 3 is 2.78 bits per heavy atom. The van der Waals surface area contributed by atoms with E-state index in [0.29, 0.717) is 5.56 Å². The van der Waals surface area contributed by atoms with Crippen LogP contribution in [0.2, 0.25) is 0 Å². The molecule has 1 aromatic carbocycles. The van der Waals surface area contributed by atoms with E-state index in [1.54, 1.807) is 12.1 Å². The van der Waals surface area contributed by atoms with Gasteiger partial charge in [0.15, 0.2) is 0 Å². The van der Waals surface area contributed by atoms with Crippen LogP contribution in [0, 0.1) is 0 Å². The van der Waals surface area contributed by atoms with Gasteiger partial charge in [0.05, 0.1) is 6.10 Å². The van der Waals surface area contributed by atoms with E-state index < -0.39 is 0 Å². The normalized spacial score (nSPS) is 22.4. The molecule has 2 rings (SSSR count). The summed E-state index contributed by atoms with van der Waals surface area (Å²) in [6.07, 6.45) is 1.84. The molecule has 0 bridgehead atoms. The first-order chi connectivity index (χ1) is 8.54. The monoisotopic (exact) mass is 248 g/mol. The highest BCUT2D eigenvalue weighted by Gasteiger charge is 2.27. The SMILES string of the molecule is CC(C)Oc1cccc(C(=O)NC2CC(N)C2)c1. The minimum Gasteiger partial charge on any atom is -0.491 e. The summed E-state index contributed by atoms with van der Waals surface area (Å²) in [6, 6.07) is 7.72. The first kappa shape index (κ1) is 12.9. The number of amides is 1. The summed E-state index contributed by atoms with van der Waals surface area (Å²) in [6.45, 7) is 3.92. The molecule has 1 aliphatic rings. The van der Waals surface area contributed by atoms with E-state index in [4.69, 9.17) is 10.5 Å². The fraction of sp³-hybridized carbons (Fsp3) is 0.500. The highest BCUT2D eigenvalue weighted by molar-refractivity contribution is 5.94. The van der Waals surface area contributed by atoms with E-state index in [1.807, 2.05) is 26.0 Å². The molecule has 1 aliphatic carbocycles. The molecule has 98 valence electrons. The molecule has 3 N–H and O–H groups in total. The number of hydrogen-bond acceptors (Lipinski definition) is 3. The molecule has 1 fully saturated rings. The molecule has 0 spiro atoms. The van der Waals surface area contributed by atoms with Crippen LogP contribution in [0.15, 0.2) is 24.3 Å². The van der Waals surface area contributed by atoms with E-state index in [-0.39, 0.29) is 24.1 Å². The van der Waals surface area contributed by atoms with Crippen LogP contribution in [0.3, 0.4) is 0 Å². The average Bonchev–Trinajstić information content (AvgIpc) is 2.26. The molecular formula is C14H20N2O2. The first-order valence-corrected chi connectivity index (χ1v) is 6.38. The maximum atomic E-state index is 12.0. The number of ether oxygens (including phenoxy) is 1. The van der Waals surface area contributed by atoms with Crippen molar-refractivity contribution in [3.63, 3.8) is 0 Å². The lowest BCUT2D eigenvalue weighted by atomic mass is 9.87. The van der Waals surface area contributed by atoms with Gasteiger partial charge >= 0.3 is 0 Å². The Kier molecular flexibility index (Phi) is 3.87. The van der Waals surface area contributed by atoms with E-state index in [0.717, 1.165) is 18.6 Å². The van der Waals surface area contributed by atoms with Crippen LogP contribution < -0.4 is 15.8 Å². The van der Waals surface area contributed by atoms with E-state index in [1.165, 1.54) is 0 Å². The van der Waals surface area contributed by atoms with E-state index in [9.17, 15) is 4.79 Å². The molecule has 0 atom stereocenters. The van der Waals surface area contributed by atoms with Gasteiger partial charge in [0.2, 0.25) is 0 Å². The number of carbonyl (C=O) groups excluding carboxylic acids is 1. The second-order valence-corrected chi connectivity index (χ2v) is 5.10.